The number of hydrogen-bond acceptors (Lipinski definition) is 1. The Morgan fingerprint density at radius 2 is 0.850 bits per heavy atom. The summed E-state index contributed by atoms with van der Waals surface area (Å²) in [5, 5.41) is 4.48. The molecule has 0 unspecified atom stereocenters. The van der Waals surface area contributed by atoms with Crippen LogP contribution in [0.3, 0.4) is 0 Å². The maximum atomic E-state index is 8.99. The van der Waals surface area contributed by atoms with Gasteiger partial charge in [0.1, 0.15) is 0 Å². The van der Waals surface area contributed by atoms with Crippen LogP contribution in [0.25, 0.3) is 82.8 Å². The zero-order chi connectivity index (χ0) is 52.9. The lowest BCUT2D eigenvalue weighted by Crippen LogP contribution is -2.10. The smallest absolute Gasteiger partial charge is 0.0629 e. The number of benzene rings is 10. The van der Waals surface area contributed by atoms with Crippen molar-refractivity contribution in [3.63, 3.8) is 0 Å². The molecule has 0 spiro atoms. The van der Waals surface area contributed by atoms with Crippen molar-refractivity contribution in [2.75, 3.05) is 4.90 Å². The summed E-state index contributed by atoms with van der Waals surface area (Å²) >= 11 is 0. The fourth-order valence-electron chi connectivity index (χ4n) is 8.06. The van der Waals surface area contributed by atoms with Crippen LogP contribution < -0.4 is 4.90 Å². The van der Waals surface area contributed by atoms with E-state index in [4.69, 9.17) is 20.6 Å². The van der Waals surface area contributed by atoms with Crippen LogP contribution in [0.1, 0.15) is 20.6 Å². The van der Waals surface area contributed by atoms with Crippen LogP contribution in [0.4, 0.5) is 17.1 Å². The van der Waals surface area contributed by atoms with Gasteiger partial charge in [-0.1, -0.05) is 176 Å². The van der Waals surface area contributed by atoms with Gasteiger partial charge in [-0.25, -0.2) is 0 Å². The molecule has 1 heterocycles. The van der Waals surface area contributed by atoms with Crippen molar-refractivity contribution in [2.24, 2.45) is 0 Å². The third-order valence-corrected chi connectivity index (χ3v) is 10.8. The summed E-state index contributed by atoms with van der Waals surface area (Å²) < 4.78 is 131. The first-order valence-electron chi connectivity index (χ1n) is 26.9. The predicted octanol–water partition coefficient (Wildman–Crippen LogP) is 16.1. The van der Waals surface area contributed by atoms with Gasteiger partial charge in [-0.05, 0) is 122 Å². The van der Waals surface area contributed by atoms with Gasteiger partial charge >= 0.3 is 0 Å². The molecule has 0 saturated carbocycles. The van der Waals surface area contributed by atoms with E-state index in [9.17, 15) is 0 Å². The number of hydrogen-bond donors (Lipinski definition) is 0. The second-order valence-corrected chi connectivity index (χ2v) is 14.3. The molecule has 0 aliphatic rings. The van der Waals surface area contributed by atoms with Gasteiger partial charge in [-0.3, -0.25) is 0 Å². The van der Waals surface area contributed by atoms with Crippen molar-refractivity contribution in [2.45, 2.75) is 0 Å². The molecule has 11 rings (SSSR count). The molecule has 0 N–H and O–H groups in total. The van der Waals surface area contributed by atoms with Crippen molar-refractivity contribution in [1.82, 2.24) is 4.57 Å². The molecule has 0 atom stereocenters. The van der Waals surface area contributed by atoms with Gasteiger partial charge in [0.2, 0.25) is 0 Å². The molecule has 282 valence electrons. The first-order valence-corrected chi connectivity index (χ1v) is 19.4. The largest absolute Gasteiger partial charge is 0.310 e. The summed E-state index contributed by atoms with van der Waals surface area (Å²) in [5.41, 5.74) is 6.30. The van der Waals surface area contributed by atoms with Crippen LogP contribution in [-0.2, 0) is 0 Å². The number of fused-ring (bicyclic) bond motifs is 5. The minimum Gasteiger partial charge on any atom is -0.310 e. The molecule has 0 aliphatic carbocycles. The first-order chi connectivity index (χ1) is 36.0. The Labute approximate surface area is 371 Å². The summed E-state index contributed by atoms with van der Waals surface area (Å²) in [6.07, 6.45) is 0. The van der Waals surface area contributed by atoms with Crippen LogP contribution in [0.15, 0.2) is 242 Å². The number of aromatic nitrogens is 1. The Morgan fingerprint density at radius 1 is 0.333 bits per heavy atom. The molecule has 2 heteroatoms. The summed E-state index contributed by atoms with van der Waals surface area (Å²) in [7, 11) is 0. The average Bonchev–Trinajstić information content (AvgIpc) is 3.77. The van der Waals surface area contributed by atoms with Crippen LogP contribution in [0, 0.1) is 0 Å². The van der Waals surface area contributed by atoms with Gasteiger partial charge in [0.25, 0.3) is 0 Å². The molecule has 10 aromatic carbocycles. The minimum absolute atomic E-state index is 0.00781. The van der Waals surface area contributed by atoms with Crippen molar-refractivity contribution in [1.29, 1.82) is 0 Å². The molecule has 11 aromatic rings. The Morgan fingerprint density at radius 3 is 1.45 bits per heavy atom. The van der Waals surface area contributed by atoms with Crippen molar-refractivity contribution >= 4 is 49.6 Å². The highest BCUT2D eigenvalue weighted by molar-refractivity contribution is 6.21. The lowest BCUT2D eigenvalue weighted by atomic mass is 9.97. The van der Waals surface area contributed by atoms with E-state index in [-0.39, 0.29) is 39.9 Å². The topological polar surface area (TPSA) is 8.17 Å². The normalized spacial score (nSPS) is 14.8. The highest BCUT2D eigenvalue weighted by Gasteiger charge is 2.18. The molecule has 0 bridgehead atoms. The highest BCUT2D eigenvalue weighted by Crippen LogP contribution is 2.42. The molecule has 0 fully saturated rings. The molecular weight excluding hydrogens is 725 g/mol. The van der Waals surface area contributed by atoms with E-state index in [1.165, 1.54) is 6.07 Å². The Bertz CT molecular complexity index is 4000. The predicted molar refractivity (Wildman–Crippen MR) is 255 cm³/mol. The number of rotatable bonds is 8. The van der Waals surface area contributed by atoms with Crippen LogP contribution >= 0.6 is 0 Å². The van der Waals surface area contributed by atoms with E-state index in [0.29, 0.717) is 22.6 Å². The van der Waals surface area contributed by atoms with Crippen molar-refractivity contribution < 1.29 is 20.6 Å². The van der Waals surface area contributed by atoms with E-state index in [1.807, 2.05) is 54.6 Å². The maximum Gasteiger partial charge on any atom is 0.0629 e. The Hall–Kier alpha value is -7.94. The van der Waals surface area contributed by atoms with E-state index in [1.54, 1.807) is 41.3 Å². The van der Waals surface area contributed by atoms with Crippen molar-refractivity contribution in [3.8, 4) is 50.2 Å². The summed E-state index contributed by atoms with van der Waals surface area (Å²) in [6.45, 7) is 0. The molecule has 60 heavy (non-hydrogen) atoms. The van der Waals surface area contributed by atoms with E-state index >= 15 is 0 Å². The van der Waals surface area contributed by atoms with Gasteiger partial charge in [0.15, 0.2) is 0 Å². The third kappa shape index (κ3) is 6.41. The number of para-hydroxylation sites is 1. The van der Waals surface area contributed by atoms with Crippen LogP contribution in [0.5, 0.6) is 0 Å². The van der Waals surface area contributed by atoms with Crippen LogP contribution in [0.2, 0.25) is 0 Å². The standard InChI is InChI=1S/C58H40N2/c1-5-15-41(16-6-1)44-25-31-51(32-26-44)59(53-38-48(42-17-7-2-8-18-42)37-49(39-53)43-19-9-3-10-20-43)52-33-27-45(28-34-52)47-29-35-55-57(40-47)60(50-22-11-4-12-23-50)56-36-30-46-21-13-14-24-54(46)58(55)56/h1-40H/i1D,2D,3D,5D,6D,7D,8D,9D,10D,15D,16D,17D,18D,19D,20D. The van der Waals surface area contributed by atoms with Crippen molar-refractivity contribution in [3.05, 3.63) is 242 Å². The molecule has 0 amide bonds. The monoisotopic (exact) mass is 779 g/mol. The van der Waals surface area contributed by atoms with E-state index < -0.39 is 78.6 Å². The SMILES string of the molecule is [2H]c1c([2H])c([2H])c(-c2ccc(N(c3ccc(-c4ccc5c6c7ccccc7ccc6n(-c6ccccc6)c5c4)cc3)c3cc(-c4c([2H])c([2H])c([2H])c([2H])c4[2H])cc(-c4c([2H])c([2H])c([2H])c([2H])c4[2H])c3)cc2)c([2H])c1[2H]. The van der Waals surface area contributed by atoms with Gasteiger partial charge in [0, 0.05) is 33.5 Å². The average molecular weight is 780 g/mol. The lowest BCUT2D eigenvalue weighted by Gasteiger charge is -2.27. The fraction of sp³-hybridized carbons (Fsp3) is 0. The molecule has 0 radical (unpaired) electrons. The minimum atomic E-state index is -0.606. The lowest BCUT2D eigenvalue weighted by molar-refractivity contribution is 1.18. The zero-order valence-electron chi connectivity index (χ0n) is 46.8. The van der Waals surface area contributed by atoms with Gasteiger partial charge in [-0.15, -0.1) is 0 Å². The van der Waals surface area contributed by atoms with Gasteiger partial charge in [-0.2, -0.15) is 0 Å². The molecule has 1 aromatic heterocycles. The molecule has 0 aliphatic heterocycles. The van der Waals surface area contributed by atoms with E-state index in [2.05, 4.69) is 59.2 Å². The molecule has 0 saturated heterocycles. The zero-order valence-corrected chi connectivity index (χ0v) is 31.8. The summed E-state index contributed by atoms with van der Waals surface area (Å²) in [5.74, 6) is 0. The van der Waals surface area contributed by atoms with Gasteiger partial charge in [0.05, 0.1) is 31.6 Å². The summed E-state index contributed by atoms with van der Waals surface area (Å²) in [4.78, 5) is 1.79. The number of anilines is 3. The first kappa shape index (κ1) is 22.9. The maximum absolute atomic E-state index is 8.99. The highest BCUT2D eigenvalue weighted by atomic mass is 15.1. The molecular formula is C58H40N2. The Balaban J connectivity index is 1.13. The number of nitrogens with zero attached hydrogens (tertiary/aromatic N) is 2. The second kappa shape index (κ2) is 15.1. The quantitative estimate of drug-likeness (QED) is 0.149. The summed E-state index contributed by atoms with van der Waals surface area (Å²) in [6, 6.07) is 40.2. The Kier molecular flexibility index (Phi) is 5.75. The molecule has 2 nitrogen and oxygen atoms in total. The van der Waals surface area contributed by atoms with Crippen LogP contribution in [-0.4, -0.2) is 4.57 Å². The van der Waals surface area contributed by atoms with E-state index in [0.717, 1.165) is 49.4 Å². The second-order valence-electron chi connectivity index (χ2n) is 14.3. The third-order valence-electron chi connectivity index (χ3n) is 10.8. The fourth-order valence-corrected chi connectivity index (χ4v) is 8.06. The van der Waals surface area contributed by atoms with Gasteiger partial charge < -0.3 is 9.47 Å².